The summed E-state index contributed by atoms with van der Waals surface area (Å²) in [6.45, 7) is 9.50. The van der Waals surface area contributed by atoms with E-state index in [0.29, 0.717) is 0 Å². The van der Waals surface area contributed by atoms with E-state index in [2.05, 4.69) is 22.5 Å². The quantitative estimate of drug-likeness (QED) is 0.538. The van der Waals surface area contributed by atoms with Crippen molar-refractivity contribution in [3.63, 3.8) is 0 Å². The molecule has 162 valence electrons. The monoisotopic (exact) mass is 406 g/mol. The van der Waals surface area contributed by atoms with Gasteiger partial charge in [0.15, 0.2) is 17.5 Å². The summed E-state index contributed by atoms with van der Waals surface area (Å²) in [5.74, 6) is 0.672. The second kappa shape index (κ2) is 10.3. The molecule has 1 unspecified atom stereocenters. The van der Waals surface area contributed by atoms with Gasteiger partial charge in [-0.1, -0.05) is 6.07 Å². The number of nitrogens with one attached hydrogen (secondary N) is 2. The highest BCUT2D eigenvalue weighted by Crippen LogP contribution is 2.31. The lowest BCUT2D eigenvalue weighted by Gasteiger charge is -2.43. The Morgan fingerprint density at radius 2 is 2.03 bits per heavy atom. The predicted octanol–water partition coefficient (Wildman–Crippen LogP) is 3.10. The predicted molar refractivity (Wildman–Crippen MR) is 114 cm³/mol. The third-order valence-corrected chi connectivity index (χ3v) is 6.11. The molecule has 2 heterocycles. The molecule has 2 aliphatic heterocycles. The lowest BCUT2D eigenvalue weighted by atomic mass is 9.88. The molecule has 7 heteroatoms. The first-order chi connectivity index (χ1) is 14.1. The molecule has 0 amide bonds. The number of methoxy groups -OCH3 is 1. The van der Waals surface area contributed by atoms with Crippen LogP contribution in [0, 0.1) is 5.82 Å². The topological polar surface area (TPSA) is 58.1 Å². The first kappa shape index (κ1) is 21.8. The van der Waals surface area contributed by atoms with Crippen molar-refractivity contribution in [1.82, 2.24) is 15.5 Å². The van der Waals surface area contributed by atoms with E-state index in [-0.39, 0.29) is 23.1 Å². The van der Waals surface area contributed by atoms with Crippen molar-refractivity contribution >= 4 is 5.96 Å². The Bertz CT molecular complexity index is 685. The van der Waals surface area contributed by atoms with E-state index >= 15 is 0 Å². The first-order valence-electron chi connectivity index (χ1n) is 10.8. The molecular formula is C22H35FN4O2. The molecule has 2 N–H and O–H groups in total. The molecule has 3 rings (SSSR count). The number of ether oxygens (including phenoxy) is 2. The molecule has 0 aromatic heterocycles. The molecule has 2 fully saturated rings. The largest absolute Gasteiger partial charge is 0.494 e. The Morgan fingerprint density at radius 3 is 2.66 bits per heavy atom. The lowest BCUT2D eigenvalue weighted by Crippen LogP contribution is -2.54. The van der Waals surface area contributed by atoms with Gasteiger partial charge in [-0.05, 0) is 70.3 Å². The zero-order chi connectivity index (χ0) is 20.7. The van der Waals surface area contributed by atoms with Crippen LogP contribution in [0.2, 0.25) is 0 Å². The smallest absolute Gasteiger partial charge is 0.191 e. The number of likely N-dealkylation sites (tertiary alicyclic amines) is 1. The molecule has 1 aromatic carbocycles. The highest BCUT2D eigenvalue weighted by molar-refractivity contribution is 5.80. The van der Waals surface area contributed by atoms with Gasteiger partial charge in [0, 0.05) is 25.3 Å². The SMILES string of the molecule is CCNC(=NCC1(N2CCCC2)CCOCC1)NC(C)c1ccc(OC)c(F)c1. The fourth-order valence-electron chi connectivity index (χ4n) is 4.30. The molecule has 0 radical (unpaired) electrons. The number of hydrogen-bond donors (Lipinski definition) is 2. The highest BCUT2D eigenvalue weighted by Gasteiger charge is 2.39. The minimum absolute atomic E-state index is 0.0781. The van der Waals surface area contributed by atoms with Crippen LogP contribution in [0.5, 0.6) is 5.75 Å². The van der Waals surface area contributed by atoms with Crippen molar-refractivity contribution in [2.24, 2.45) is 4.99 Å². The minimum Gasteiger partial charge on any atom is -0.494 e. The maximum Gasteiger partial charge on any atom is 0.191 e. The maximum atomic E-state index is 14.1. The fraction of sp³-hybridized carbons (Fsp3) is 0.682. The average Bonchev–Trinajstić information content (AvgIpc) is 3.28. The molecule has 0 spiro atoms. The molecule has 1 atom stereocenters. The van der Waals surface area contributed by atoms with Gasteiger partial charge < -0.3 is 20.1 Å². The second-order valence-electron chi connectivity index (χ2n) is 7.99. The van der Waals surface area contributed by atoms with Crippen LogP contribution in [0.3, 0.4) is 0 Å². The van der Waals surface area contributed by atoms with Gasteiger partial charge in [-0.3, -0.25) is 9.89 Å². The van der Waals surface area contributed by atoms with E-state index in [1.54, 1.807) is 6.07 Å². The minimum atomic E-state index is -0.351. The van der Waals surface area contributed by atoms with E-state index in [9.17, 15) is 4.39 Å². The van der Waals surface area contributed by atoms with E-state index in [0.717, 1.165) is 63.8 Å². The van der Waals surface area contributed by atoms with Crippen LogP contribution >= 0.6 is 0 Å². The van der Waals surface area contributed by atoms with Crippen molar-refractivity contribution in [2.75, 3.05) is 46.5 Å². The van der Waals surface area contributed by atoms with Crippen LogP contribution in [0.25, 0.3) is 0 Å². The zero-order valence-corrected chi connectivity index (χ0v) is 18.0. The highest BCUT2D eigenvalue weighted by atomic mass is 19.1. The molecule has 0 aliphatic carbocycles. The normalized spacial score (nSPS) is 21.0. The molecule has 6 nitrogen and oxygen atoms in total. The summed E-state index contributed by atoms with van der Waals surface area (Å²) in [6, 6.07) is 4.99. The van der Waals surface area contributed by atoms with E-state index in [1.807, 2.05) is 13.0 Å². The van der Waals surface area contributed by atoms with Crippen molar-refractivity contribution in [3.05, 3.63) is 29.6 Å². The first-order valence-corrected chi connectivity index (χ1v) is 10.8. The lowest BCUT2D eigenvalue weighted by molar-refractivity contribution is -0.0139. The van der Waals surface area contributed by atoms with E-state index in [4.69, 9.17) is 14.5 Å². The summed E-state index contributed by atoms with van der Waals surface area (Å²) in [5, 5.41) is 6.77. The molecule has 0 saturated carbocycles. The van der Waals surface area contributed by atoms with Gasteiger partial charge in [0.05, 0.1) is 19.7 Å². The van der Waals surface area contributed by atoms with Crippen molar-refractivity contribution in [2.45, 2.75) is 51.1 Å². The number of aliphatic imine (C=N–C) groups is 1. The Morgan fingerprint density at radius 1 is 1.31 bits per heavy atom. The molecule has 2 aliphatic rings. The third-order valence-electron chi connectivity index (χ3n) is 6.11. The van der Waals surface area contributed by atoms with E-state index < -0.39 is 0 Å². The Kier molecular flexibility index (Phi) is 7.72. The number of rotatable bonds is 7. The average molecular weight is 407 g/mol. The fourth-order valence-corrected chi connectivity index (χ4v) is 4.30. The number of hydrogen-bond acceptors (Lipinski definition) is 4. The van der Waals surface area contributed by atoms with Crippen LogP contribution < -0.4 is 15.4 Å². The molecule has 29 heavy (non-hydrogen) atoms. The summed E-state index contributed by atoms with van der Waals surface area (Å²) in [7, 11) is 1.47. The van der Waals surface area contributed by atoms with Crippen molar-refractivity contribution in [3.8, 4) is 5.75 Å². The van der Waals surface area contributed by atoms with Crippen molar-refractivity contribution < 1.29 is 13.9 Å². The van der Waals surface area contributed by atoms with Gasteiger partial charge in [0.2, 0.25) is 0 Å². The maximum absolute atomic E-state index is 14.1. The zero-order valence-electron chi connectivity index (χ0n) is 18.0. The molecule has 2 saturated heterocycles. The number of halogens is 1. The van der Waals surface area contributed by atoms with Crippen LogP contribution in [-0.4, -0.2) is 62.9 Å². The number of benzene rings is 1. The molecule has 0 bridgehead atoms. The van der Waals surface area contributed by atoms with E-state index in [1.165, 1.54) is 26.0 Å². The third kappa shape index (κ3) is 5.39. The van der Waals surface area contributed by atoms with Crippen LogP contribution in [0.1, 0.15) is 51.1 Å². The summed E-state index contributed by atoms with van der Waals surface area (Å²) in [6.07, 6.45) is 4.58. The Balaban J connectivity index is 1.72. The standard InChI is InChI=1S/C22H35FN4O2/c1-4-24-21(26-17(2)18-7-8-20(28-3)19(23)15-18)25-16-22(9-13-29-14-10-22)27-11-5-6-12-27/h7-8,15,17H,4-6,9-14,16H2,1-3H3,(H2,24,25,26). The van der Waals surface area contributed by atoms with Gasteiger partial charge in [-0.25, -0.2) is 4.39 Å². The molecular weight excluding hydrogens is 371 g/mol. The number of nitrogens with zero attached hydrogens (tertiary/aromatic N) is 2. The van der Waals surface area contributed by atoms with Gasteiger partial charge in [0.25, 0.3) is 0 Å². The Labute approximate surface area is 173 Å². The van der Waals surface area contributed by atoms with Gasteiger partial charge in [0.1, 0.15) is 0 Å². The number of guanidine groups is 1. The van der Waals surface area contributed by atoms with Crippen LogP contribution in [0.15, 0.2) is 23.2 Å². The van der Waals surface area contributed by atoms with Crippen LogP contribution in [-0.2, 0) is 4.74 Å². The summed E-state index contributed by atoms with van der Waals surface area (Å²) in [4.78, 5) is 7.57. The van der Waals surface area contributed by atoms with Gasteiger partial charge in [-0.15, -0.1) is 0 Å². The summed E-state index contributed by atoms with van der Waals surface area (Å²) < 4.78 is 24.8. The van der Waals surface area contributed by atoms with Crippen LogP contribution in [0.4, 0.5) is 4.39 Å². The van der Waals surface area contributed by atoms with Crippen molar-refractivity contribution in [1.29, 1.82) is 0 Å². The Hall–Kier alpha value is -1.86. The summed E-state index contributed by atoms with van der Waals surface area (Å²) in [5.41, 5.74) is 0.946. The summed E-state index contributed by atoms with van der Waals surface area (Å²) >= 11 is 0. The van der Waals surface area contributed by atoms with Gasteiger partial charge >= 0.3 is 0 Å². The van der Waals surface area contributed by atoms with Gasteiger partial charge in [-0.2, -0.15) is 0 Å². The molecule has 1 aromatic rings. The second-order valence-corrected chi connectivity index (χ2v) is 7.99.